The molecular formula is C19H22N6O4. The highest BCUT2D eigenvalue weighted by Gasteiger charge is 2.22. The topological polar surface area (TPSA) is 166 Å². The minimum atomic E-state index is -1.18. The van der Waals surface area contributed by atoms with E-state index in [0.29, 0.717) is 12.1 Å². The maximum Gasteiger partial charge on any atom is 0.326 e. The Hall–Kier alpha value is -3.66. The first kappa shape index (κ1) is 20.1. The molecule has 0 saturated carbocycles. The van der Waals surface area contributed by atoms with E-state index in [-0.39, 0.29) is 13.0 Å². The van der Waals surface area contributed by atoms with Crippen molar-refractivity contribution in [3.63, 3.8) is 0 Å². The van der Waals surface area contributed by atoms with Crippen LogP contribution in [-0.4, -0.2) is 56.5 Å². The quantitative estimate of drug-likeness (QED) is 0.289. The number of carboxylic acids is 1. The van der Waals surface area contributed by atoms with E-state index < -0.39 is 29.9 Å². The molecule has 0 aliphatic rings. The van der Waals surface area contributed by atoms with Crippen LogP contribution in [0.1, 0.15) is 11.3 Å². The number of nitrogens with two attached hydrogens (primary N) is 1. The molecule has 0 aliphatic carbocycles. The van der Waals surface area contributed by atoms with Crippen molar-refractivity contribution in [2.24, 2.45) is 5.73 Å². The minimum absolute atomic E-state index is 0.0507. The Morgan fingerprint density at radius 1 is 1.17 bits per heavy atom. The molecule has 152 valence electrons. The Labute approximate surface area is 165 Å². The third kappa shape index (κ3) is 5.20. The van der Waals surface area contributed by atoms with E-state index in [0.717, 1.165) is 16.5 Å². The first-order valence-electron chi connectivity index (χ1n) is 9.01. The van der Waals surface area contributed by atoms with E-state index in [2.05, 4.69) is 25.6 Å². The number of aliphatic carboxylic acids is 1. The number of carbonyl (C=O) groups excluding carboxylic acids is 2. The molecule has 1 aromatic carbocycles. The molecule has 7 N–H and O–H groups in total. The fourth-order valence-electron chi connectivity index (χ4n) is 2.99. The number of benzene rings is 1. The standard InChI is InChI=1S/C19H22N6O4/c20-14(5-11-7-22-15-4-2-1-3-13(11)15)18(27)23-9-17(26)25-16(19(28)29)6-12-8-21-10-24-12/h1-4,7-8,10,14,16,22H,5-6,9,20H2,(H,21,24)(H,23,27)(H,25,26)(H,28,29). The number of para-hydroxylation sites is 1. The van der Waals surface area contributed by atoms with Gasteiger partial charge in [0.2, 0.25) is 11.8 Å². The average molecular weight is 398 g/mol. The molecule has 2 aromatic heterocycles. The fraction of sp³-hybridized carbons (Fsp3) is 0.263. The fourth-order valence-corrected chi connectivity index (χ4v) is 2.99. The number of fused-ring (bicyclic) bond motifs is 1. The van der Waals surface area contributed by atoms with Gasteiger partial charge in [-0.25, -0.2) is 9.78 Å². The number of nitrogens with zero attached hydrogens (tertiary/aromatic N) is 1. The summed E-state index contributed by atoms with van der Waals surface area (Å²) in [5.74, 6) is -2.30. The molecular weight excluding hydrogens is 376 g/mol. The zero-order chi connectivity index (χ0) is 20.8. The summed E-state index contributed by atoms with van der Waals surface area (Å²) in [6.45, 7) is -0.368. The second kappa shape index (κ2) is 9.02. The first-order valence-corrected chi connectivity index (χ1v) is 9.01. The largest absolute Gasteiger partial charge is 0.480 e. The van der Waals surface area contributed by atoms with Crippen LogP contribution in [0.15, 0.2) is 43.0 Å². The van der Waals surface area contributed by atoms with Crippen molar-refractivity contribution < 1.29 is 19.5 Å². The molecule has 0 aliphatic heterocycles. The van der Waals surface area contributed by atoms with Crippen LogP contribution < -0.4 is 16.4 Å². The highest BCUT2D eigenvalue weighted by atomic mass is 16.4. The van der Waals surface area contributed by atoms with Crippen LogP contribution >= 0.6 is 0 Å². The lowest BCUT2D eigenvalue weighted by molar-refractivity contribution is -0.141. The molecule has 0 radical (unpaired) electrons. The van der Waals surface area contributed by atoms with Crippen LogP contribution in [0, 0.1) is 0 Å². The van der Waals surface area contributed by atoms with E-state index >= 15 is 0 Å². The summed E-state index contributed by atoms with van der Waals surface area (Å²) in [7, 11) is 0. The molecule has 0 fully saturated rings. The first-order chi connectivity index (χ1) is 13.9. The van der Waals surface area contributed by atoms with Crippen molar-refractivity contribution in [1.82, 2.24) is 25.6 Å². The van der Waals surface area contributed by atoms with Gasteiger partial charge in [0.15, 0.2) is 0 Å². The van der Waals surface area contributed by atoms with E-state index in [9.17, 15) is 19.5 Å². The van der Waals surface area contributed by atoms with Crippen LogP contribution in [0.25, 0.3) is 10.9 Å². The van der Waals surface area contributed by atoms with Crippen molar-refractivity contribution in [2.45, 2.75) is 24.9 Å². The number of nitrogens with one attached hydrogen (secondary N) is 4. The van der Waals surface area contributed by atoms with E-state index in [1.165, 1.54) is 12.5 Å². The normalized spacial score (nSPS) is 13.0. The van der Waals surface area contributed by atoms with Crippen molar-refractivity contribution in [3.8, 4) is 0 Å². The SMILES string of the molecule is NC(Cc1c[nH]c2ccccc12)C(=O)NCC(=O)NC(Cc1cnc[nH]1)C(=O)O. The van der Waals surface area contributed by atoms with Crippen molar-refractivity contribution in [1.29, 1.82) is 0 Å². The summed E-state index contributed by atoms with van der Waals surface area (Å²) in [6, 6.07) is 5.69. The van der Waals surface area contributed by atoms with Gasteiger partial charge >= 0.3 is 5.97 Å². The van der Waals surface area contributed by atoms with E-state index in [1.54, 1.807) is 6.20 Å². The summed E-state index contributed by atoms with van der Waals surface area (Å²) in [4.78, 5) is 45.3. The van der Waals surface area contributed by atoms with Gasteiger partial charge in [-0.05, 0) is 18.1 Å². The second-order valence-electron chi connectivity index (χ2n) is 6.63. The lowest BCUT2D eigenvalue weighted by Gasteiger charge is -2.15. The van der Waals surface area contributed by atoms with Gasteiger partial charge in [-0.15, -0.1) is 0 Å². The molecule has 10 heteroatoms. The van der Waals surface area contributed by atoms with Gasteiger partial charge in [-0.1, -0.05) is 18.2 Å². The summed E-state index contributed by atoms with van der Waals surface area (Å²) in [5, 5.41) is 15.1. The smallest absolute Gasteiger partial charge is 0.326 e. The third-order valence-corrected chi connectivity index (χ3v) is 4.49. The van der Waals surface area contributed by atoms with Crippen LogP contribution in [-0.2, 0) is 27.2 Å². The number of carbonyl (C=O) groups is 3. The van der Waals surface area contributed by atoms with Crippen molar-refractivity contribution >= 4 is 28.7 Å². The number of hydrogen-bond acceptors (Lipinski definition) is 5. The molecule has 3 aromatic rings. The molecule has 10 nitrogen and oxygen atoms in total. The number of amides is 2. The van der Waals surface area contributed by atoms with Crippen LogP contribution in [0.4, 0.5) is 0 Å². The number of H-pyrrole nitrogens is 2. The number of aromatic amines is 2. The number of rotatable bonds is 9. The maximum absolute atomic E-state index is 12.2. The van der Waals surface area contributed by atoms with Gasteiger partial charge in [-0.2, -0.15) is 0 Å². The minimum Gasteiger partial charge on any atom is -0.480 e. The van der Waals surface area contributed by atoms with Gasteiger partial charge in [0.1, 0.15) is 6.04 Å². The molecule has 2 heterocycles. The molecule has 0 bridgehead atoms. The third-order valence-electron chi connectivity index (χ3n) is 4.49. The Kier molecular flexibility index (Phi) is 6.25. The second-order valence-corrected chi connectivity index (χ2v) is 6.63. The van der Waals surface area contributed by atoms with Gasteiger partial charge in [0.05, 0.1) is 18.9 Å². The lowest BCUT2D eigenvalue weighted by atomic mass is 10.1. The van der Waals surface area contributed by atoms with Gasteiger partial charge < -0.3 is 31.4 Å². The number of aromatic nitrogens is 3. The van der Waals surface area contributed by atoms with Gasteiger partial charge in [0, 0.05) is 35.4 Å². The summed E-state index contributed by atoms with van der Waals surface area (Å²) in [5.41, 5.74) is 8.39. The summed E-state index contributed by atoms with van der Waals surface area (Å²) < 4.78 is 0. The molecule has 3 rings (SSSR count). The Balaban J connectivity index is 1.49. The van der Waals surface area contributed by atoms with Crippen LogP contribution in [0.2, 0.25) is 0 Å². The highest BCUT2D eigenvalue weighted by molar-refractivity contribution is 5.90. The molecule has 0 spiro atoms. The van der Waals surface area contributed by atoms with Crippen LogP contribution in [0.3, 0.4) is 0 Å². The number of imidazole rings is 1. The Bertz CT molecular complexity index is 997. The predicted octanol–water partition coefficient (Wildman–Crippen LogP) is -0.311. The predicted molar refractivity (Wildman–Crippen MR) is 105 cm³/mol. The Morgan fingerprint density at radius 3 is 2.69 bits per heavy atom. The number of hydrogen-bond donors (Lipinski definition) is 6. The molecule has 2 amide bonds. The zero-order valence-electron chi connectivity index (χ0n) is 15.5. The van der Waals surface area contributed by atoms with E-state index in [1.807, 2.05) is 24.3 Å². The molecule has 29 heavy (non-hydrogen) atoms. The van der Waals surface area contributed by atoms with Crippen molar-refractivity contribution in [3.05, 3.63) is 54.2 Å². The molecule has 0 saturated heterocycles. The van der Waals surface area contributed by atoms with Gasteiger partial charge in [0.25, 0.3) is 0 Å². The molecule has 2 unspecified atom stereocenters. The summed E-state index contributed by atoms with van der Waals surface area (Å²) in [6.07, 6.45) is 5.06. The van der Waals surface area contributed by atoms with Crippen LogP contribution in [0.5, 0.6) is 0 Å². The lowest BCUT2D eigenvalue weighted by Crippen LogP contribution is -2.49. The zero-order valence-corrected chi connectivity index (χ0v) is 15.5. The summed E-state index contributed by atoms with van der Waals surface area (Å²) >= 11 is 0. The van der Waals surface area contributed by atoms with Gasteiger partial charge in [-0.3, -0.25) is 9.59 Å². The van der Waals surface area contributed by atoms with Crippen molar-refractivity contribution in [2.75, 3.05) is 6.54 Å². The molecule has 2 atom stereocenters. The maximum atomic E-state index is 12.2. The average Bonchev–Trinajstić information content (AvgIpc) is 3.35. The highest BCUT2D eigenvalue weighted by Crippen LogP contribution is 2.18. The Morgan fingerprint density at radius 2 is 1.97 bits per heavy atom. The number of carboxylic acid groups (broad SMARTS) is 1. The monoisotopic (exact) mass is 398 g/mol. The van der Waals surface area contributed by atoms with E-state index in [4.69, 9.17) is 5.73 Å².